The zero-order chi connectivity index (χ0) is 17.9. The Morgan fingerprint density at radius 1 is 1.23 bits per heavy atom. The first-order valence-electron chi connectivity index (χ1n) is 9.46. The average Bonchev–Trinajstić information content (AvgIpc) is 3.37. The van der Waals surface area contributed by atoms with Gasteiger partial charge in [0, 0.05) is 37.8 Å². The van der Waals surface area contributed by atoms with Gasteiger partial charge in [-0.1, -0.05) is 30.3 Å². The Balaban J connectivity index is 1.27. The van der Waals surface area contributed by atoms with Crippen molar-refractivity contribution in [3.63, 3.8) is 0 Å². The second kappa shape index (κ2) is 7.60. The number of carbonyl (C=O) groups excluding carboxylic acids is 1. The number of hydrogen-bond donors (Lipinski definition) is 1. The van der Waals surface area contributed by atoms with Gasteiger partial charge in [0.25, 0.3) is 0 Å². The summed E-state index contributed by atoms with van der Waals surface area (Å²) in [5, 5.41) is 3.10. The van der Waals surface area contributed by atoms with Gasteiger partial charge in [0.1, 0.15) is 0 Å². The summed E-state index contributed by atoms with van der Waals surface area (Å²) in [6, 6.07) is 10.4. The maximum absolute atomic E-state index is 12.2. The van der Waals surface area contributed by atoms with E-state index in [9.17, 15) is 4.79 Å². The monoisotopic (exact) mass is 354 g/mol. The van der Waals surface area contributed by atoms with Crippen LogP contribution in [0.5, 0.6) is 0 Å². The minimum atomic E-state index is -0.0517. The Morgan fingerprint density at radius 2 is 1.96 bits per heavy atom. The quantitative estimate of drug-likeness (QED) is 0.861. The standard InChI is InChI=1S/C20H26N4O2/c1-15(20(25)22-17-7-8-17)24-11-9-23(10-12-24)14-19-21-13-18(26-19)16-5-3-2-4-6-16/h2-6,13,15,17H,7-12,14H2,1H3,(H,22,25). The van der Waals surface area contributed by atoms with Crippen LogP contribution in [0.3, 0.4) is 0 Å². The molecule has 4 rings (SSSR count). The molecule has 2 fully saturated rings. The normalized spacial score (nSPS) is 20.0. The van der Waals surface area contributed by atoms with Gasteiger partial charge in [-0.25, -0.2) is 4.98 Å². The van der Waals surface area contributed by atoms with Crippen molar-refractivity contribution in [3.05, 3.63) is 42.4 Å². The van der Waals surface area contributed by atoms with E-state index in [0.717, 1.165) is 56.2 Å². The van der Waals surface area contributed by atoms with Crippen LogP contribution in [0, 0.1) is 0 Å². The summed E-state index contributed by atoms with van der Waals surface area (Å²) in [7, 11) is 0. The smallest absolute Gasteiger partial charge is 0.237 e. The van der Waals surface area contributed by atoms with E-state index in [1.54, 1.807) is 6.20 Å². The fraction of sp³-hybridized carbons (Fsp3) is 0.500. The molecule has 1 aromatic carbocycles. The fourth-order valence-electron chi connectivity index (χ4n) is 3.33. The molecule has 1 aliphatic heterocycles. The van der Waals surface area contributed by atoms with E-state index in [-0.39, 0.29) is 11.9 Å². The molecule has 2 heterocycles. The van der Waals surface area contributed by atoms with E-state index in [4.69, 9.17) is 4.42 Å². The van der Waals surface area contributed by atoms with Crippen LogP contribution >= 0.6 is 0 Å². The molecule has 1 amide bonds. The van der Waals surface area contributed by atoms with Gasteiger partial charge < -0.3 is 9.73 Å². The van der Waals surface area contributed by atoms with Crippen molar-refractivity contribution in [1.29, 1.82) is 0 Å². The minimum absolute atomic E-state index is 0.0517. The zero-order valence-corrected chi connectivity index (χ0v) is 15.2. The summed E-state index contributed by atoms with van der Waals surface area (Å²) in [6.45, 7) is 6.35. The highest BCUT2D eigenvalue weighted by Crippen LogP contribution is 2.21. The minimum Gasteiger partial charge on any atom is -0.439 e. The van der Waals surface area contributed by atoms with Gasteiger partial charge in [-0.2, -0.15) is 0 Å². The molecule has 6 nitrogen and oxygen atoms in total. The molecule has 6 heteroatoms. The third-order valence-corrected chi connectivity index (χ3v) is 5.23. The molecule has 2 aliphatic rings. The molecule has 1 aliphatic carbocycles. The number of nitrogens with zero attached hydrogens (tertiary/aromatic N) is 3. The highest BCUT2D eigenvalue weighted by Gasteiger charge is 2.30. The molecule has 2 aromatic rings. The van der Waals surface area contributed by atoms with E-state index >= 15 is 0 Å². The fourth-order valence-corrected chi connectivity index (χ4v) is 3.33. The van der Waals surface area contributed by atoms with Crippen molar-refractivity contribution < 1.29 is 9.21 Å². The third-order valence-electron chi connectivity index (χ3n) is 5.23. The molecule has 26 heavy (non-hydrogen) atoms. The van der Waals surface area contributed by atoms with Gasteiger partial charge >= 0.3 is 0 Å². The van der Waals surface area contributed by atoms with Crippen molar-refractivity contribution in [2.24, 2.45) is 0 Å². The van der Waals surface area contributed by atoms with E-state index in [1.165, 1.54) is 0 Å². The number of oxazole rings is 1. The van der Waals surface area contributed by atoms with Gasteiger partial charge in [0.2, 0.25) is 11.8 Å². The summed E-state index contributed by atoms with van der Waals surface area (Å²) >= 11 is 0. The van der Waals surface area contributed by atoms with Gasteiger partial charge in [-0.05, 0) is 19.8 Å². The molecule has 1 saturated heterocycles. The molecule has 138 valence electrons. The van der Waals surface area contributed by atoms with Crippen molar-refractivity contribution >= 4 is 5.91 Å². The number of rotatable bonds is 6. The van der Waals surface area contributed by atoms with Crippen LogP contribution in [0.2, 0.25) is 0 Å². The lowest BCUT2D eigenvalue weighted by atomic mass is 10.2. The Morgan fingerprint density at radius 3 is 2.65 bits per heavy atom. The zero-order valence-electron chi connectivity index (χ0n) is 15.2. The maximum atomic E-state index is 12.2. The topological polar surface area (TPSA) is 61.6 Å². The Hall–Kier alpha value is -2.18. The lowest BCUT2D eigenvalue weighted by molar-refractivity contribution is -0.126. The summed E-state index contributed by atoms with van der Waals surface area (Å²) in [6.07, 6.45) is 4.06. The van der Waals surface area contributed by atoms with Crippen LogP contribution in [0.4, 0.5) is 0 Å². The van der Waals surface area contributed by atoms with Crippen LogP contribution in [0.15, 0.2) is 40.9 Å². The molecule has 0 radical (unpaired) electrons. The van der Waals surface area contributed by atoms with Crippen LogP contribution < -0.4 is 5.32 Å². The Labute approximate surface area is 154 Å². The third kappa shape index (κ3) is 4.14. The second-order valence-electron chi connectivity index (χ2n) is 7.26. The average molecular weight is 354 g/mol. The summed E-state index contributed by atoms with van der Waals surface area (Å²) in [5.74, 6) is 1.72. The number of hydrogen-bond acceptors (Lipinski definition) is 5. The highest BCUT2D eigenvalue weighted by molar-refractivity contribution is 5.81. The van der Waals surface area contributed by atoms with E-state index in [0.29, 0.717) is 12.6 Å². The summed E-state index contributed by atoms with van der Waals surface area (Å²) < 4.78 is 5.91. The first-order valence-corrected chi connectivity index (χ1v) is 9.46. The van der Waals surface area contributed by atoms with Crippen molar-refractivity contribution in [1.82, 2.24) is 20.1 Å². The van der Waals surface area contributed by atoms with Gasteiger partial charge in [0.15, 0.2) is 5.76 Å². The van der Waals surface area contributed by atoms with Gasteiger partial charge in [0.05, 0.1) is 18.8 Å². The number of benzene rings is 1. The molecular weight excluding hydrogens is 328 g/mol. The van der Waals surface area contributed by atoms with Crippen LogP contribution in [0.25, 0.3) is 11.3 Å². The largest absolute Gasteiger partial charge is 0.439 e. The molecule has 1 saturated carbocycles. The van der Waals surface area contributed by atoms with E-state index in [1.807, 2.05) is 37.3 Å². The maximum Gasteiger partial charge on any atom is 0.237 e. The number of carbonyl (C=O) groups is 1. The number of nitrogens with one attached hydrogen (secondary N) is 1. The SMILES string of the molecule is CC(C(=O)NC1CC1)N1CCN(Cc2ncc(-c3ccccc3)o2)CC1. The number of amides is 1. The number of piperazine rings is 1. The highest BCUT2D eigenvalue weighted by atomic mass is 16.4. The van der Waals surface area contributed by atoms with Crippen molar-refractivity contribution in [2.45, 2.75) is 38.4 Å². The van der Waals surface area contributed by atoms with Crippen LogP contribution in [-0.2, 0) is 11.3 Å². The molecule has 1 atom stereocenters. The van der Waals surface area contributed by atoms with Crippen molar-refractivity contribution in [3.8, 4) is 11.3 Å². The molecule has 1 aromatic heterocycles. The molecular formula is C20H26N4O2. The molecule has 0 spiro atoms. The Bertz CT molecular complexity index is 733. The van der Waals surface area contributed by atoms with Crippen LogP contribution in [-0.4, -0.2) is 59.0 Å². The Kier molecular flexibility index (Phi) is 5.04. The van der Waals surface area contributed by atoms with Crippen molar-refractivity contribution in [2.75, 3.05) is 26.2 Å². The van der Waals surface area contributed by atoms with Gasteiger partial charge in [-0.3, -0.25) is 14.6 Å². The summed E-state index contributed by atoms with van der Waals surface area (Å²) in [5.41, 5.74) is 1.05. The predicted octanol–water partition coefficient (Wildman–Crippen LogP) is 2.13. The van der Waals surface area contributed by atoms with Crippen LogP contribution in [0.1, 0.15) is 25.7 Å². The second-order valence-corrected chi connectivity index (χ2v) is 7.26. The van der Waals surface area contributed by atoms with E-state index in [2.05, 4.69) is 20.1 Å². The lowest BCUT2D eigenvalue weighted by Gasteiger charge is -2.36. The molecule has 1 unspecified atom stereocenters. The predicted molar refractivity (Wildman–Crippen MR) is 99.4 cm³/mol. The molecule has 1 N–H and O–H groups in total. The summed E-state index contributed by atoms with van der Waals surface area (Å²) in [4.78, 5) is 21.2. The number of aromatic nitrogens is 1. The van der Waals surface area contributed by atoms with Gasteiger partial charge in [-0.15, -0.1) is 0 Å². The first kappa shape index (κ1) is 17.2. The van der Waals surface area contributed by atoms with E-state index < -0.39 is 0 Å². The first-order chi connectivity index (χ1) is 12.7. The lowest BCUT2D eigenvalue weighted by Crippen LogP contribution is -2.53. The molecule has 0 bridgehead atoms.